The molecule has 0 unspecified atom stereocenters. The first kappa shape index (κ1) is 17.7. The molecule has 2 saturated heterocycles. The van der Waals surface area contributed by atoms with Crippen LogP contribution in [0.25, 0.3) is 0 Å². The lowest BCUT2D eigenvalue weighted by Gasteiger charge is -2.37. The summed E-state index contributed by atoms with van der Waals surface area (Å²) < 4.78 is 16.2. The van der Waals surface area contributed by atoms with E-state index in [9.17, 15) is 4.79 Å². The third kappa shape index (κ3) is 3.86. The van der Waals surface area contributed by atoms with Crippen LogP contribution in [-0.2, 0) is 14.2 Å². The molecular formula is C19H22N4O4. The van der Waals surface area contributed by atoms with Gasteiger partial charge in [-0.2, -0.15) is 4.98 Å². The highest BCUT2D eigenvalue weighted by Gasteiger charge is 2.40. The van der Waals surface area contributed by atoms with Crippen LogP contribution < -0.4 is 10.2 Å². The van der Waals surface area contributed by atoms with Gasteiger partial charge in [0.25, 0.3) is 0 Å². The van der Waals surface area contributed by atoms with E-state index in [2.05, 4.69) is 20.2 Å². The molecular weight excluding hydrogens is 348 g/mol. The molecule has 2 fully saturated rings. The lowest BCUT2D eigenvalue weighted by Crippen LogP contribution is -2.45. The maximum Gasteiger partial charge on any atom is 0.337 e. The predicted molar refractivity (Wildman–Crippen MR) is 99.2 cm³/mol. The molecule has 2 aliphatic rings. The standard InChI is InChI=1S/C19H22N4O4/c1-25-17(24)14-2-4-15(5-3-14)21-16-6-9-20-18(22-16)23-10-7-19(8-11-23)26-12-13-27-19/h2-6,9H,7-8,10-13H2,1H3,(H,20,21,22). The number of hydrogen-bond acceptors (Lipinski definition) is 8. The predicted octanol–water partition coefficient (Wildman–Crippen LogP) is 2.35. The molecule has 142 valence electrons. The molecule has 4 rings (SSSR count). The summed E-state index contributed by atoms with van der Waals surface area (Å²) in [5.41, 5.74) is 1.34. The molecule has 0 radical (unpaired) electrons. The van der Waals surface area contributed by atoms with Crippen LogP contribution in [0.15, 0.2) is 36.5 Å². The first-order valence-electron chi connectivity index (χ1n) is 8.99. The van der Waals surface area contributed by atoms with E-state index < -0.39 is 5.79 Å². The molecule has 2 aromatic rings. The van der Waals surface area contributed by atoms with E-state index in [0.29, 0.717) is 30.5 Å². The Morgan fingerprint density at radius 2 is 1.85 bits per heavy atom. The fraction of sp³-hybridized carbons (Fsp3) is 0.421. The lowest BCUT2D eigenvalue weighted by molar-refractivity contribution is -0.169. The number of carbonyl (C=O) groups is 1. The van der Waals surface area contributed by atoms with Gasteiger partial charge in [-0.25, -0.2) is 9.78 Å². The smallest absolute Gasteiger partial charge is 0.337 e. The second-order valence-corrected chi connectivity index (χ2v) is 6.53. The van der Waals surface area contributed by atoms with Gasteiger partial charge in [-0.05, 0) is 30.3 Å². The minimum Gasteiger partial charge on any atom is -0.465 e. The Kier molecular flexibility index (Phi) is 4.91. The summed E-state index contributed by atoms with van der Waals surface area (Å²) in [6.07, 6.45) is 3.35. The number of ether oxygens (including phenoxy) is 3. The van der Waals surface area contributed by atoms with E-state index in [4.69, 9.17) is 14.2 Å². The van der Waals surface area contributed by atoms with Gasteiger partial charge in [0.15, 0.2) is 5.79 Å². The molecule has 1 N–H and O–H groups in total. The van der Waals surface area contributed by atoms with Crippen LogP contribution >= 0.6 is 0 Å². The summed E-state index contributed by atoms with van der Waals surface area (Å²) in [5, 5.41) is 3.24. The third-order valence-corrected chi connectivity index (χ3v) is 4.84. The summed E-state index contributed by atoms with van der Waals surface area (Å²) in [5.74, 6) is 0.607. The average Bonchev–Trinajstić information content (AvgIpc) is 3.17. The molecule has 0 bridgehead atoms. The van der Waals surface area contributed by atoms with Gasteiger partial charge >= 0.3 is 5.97 Å². The van der Waals surface area contributed by atoms with Gasteiger partial charge in [-0.15, -0.1) is 0 Å². The number of carbonyl (C=O) groups excluding carboxylic acids is 1. The fourth-order valence-electron chi connectivity index (χ4n) is 3.36. The molecule has 0 saturated carbocycles. The number of rotatable bonds is 4. The zero-order chi connectivity index (χ0) is 18.7. The van der Waals surface area contributed by atoms with E-state index in [1.54, 1.807) is 18.3 Å². The molecule has 0 aliphatic carbocycles. The zero-order valence-electron chi connectivity index (χ0n) is 15.2. The van der Waals surface area contributed by atoms with Gasteiger partial charge < -0.3 is 24.4 Å². The lowest BCUT2D eigenvalue weighted by atomic mass is 10.0. The molecule has 1 aromatic carbocycles. The number of nitrogens with zero attached hydrogens (tertiary/aromatic N) is 3. The van der Waals surface area contributed by atoms with Gasteiger partial charge in [0.1, 0.15) is 5.82 Å². The third-order valence-electron chi connectivity index (χ3n) is 4.84. The van der Waals surface area contributed by atoms with Crippen LogP contribution in [0.5, 0.6) is 0 Å². The van der Waals surface area contributed by atoms with E-state index in [1.165, 1.54) is 7.11 Å². The van der Waals surface area contributed by atoms with Crippen molar-refractivity contribution in [2.45, 2.75) is 18.6 Å². The molecule has 0 amide bonds. The minimum atomic E-state index is -0.409. The second-order valence-electron chi connectivity index (χ2n) is 6.53. The minimum absolute atomic E-state index is 0.357. The first-order valence-corrected chi connectivity index (χ1v) is 8.99. The number of anilines is 3. The Bertz CT molecular complexity index is 796. The van der Waals surface area contributed by atoms with Crippen molar-refractivity contribution in [1.82, 2.24) is 9.97 Å². The summed E-state index contributed by atoms with van der Waals surface area (Å²) in [4.78, 5) is 22.7. The number of methoxy groups -OCH3 is 1. The number of benzene rings is 1. The van der Waals surface area contributed by atoms with Crippen LogP contribution in [0.1, 0.15) is 23.2 Å². The Morgan fingerprint density at radius 3 is 2.52 bits per heavy atom. The van der Waals surface area contributed by atoms with Crippen molar-refractivity contribution >= 4 is 23.4 Å². The van der Waals surface area contributed by atoms with Gasteiger partial charge in [-0.3, -0.25) is 0 Å². The maximum atomic E-state index is 11.5. The molecule has 27 heavy (non-hydrogen) atoms. The Labute approximate surface area is 157 Å². The van der Waals surface area contributed by atoms with Crippen molar-refractivity contribution in [3.8, 4) is 0 Å². The van der Waals surface area contributed by atoms with Crippen molar-refractivity contribution in [1.29, 1.82) is 0 Å². The molecule has 8 nitrogen and oxygen atoms in total. The first-order chi connectivity index (χ1) is 13.2. The quantitative estimate of drug-likeness (QED) is 0.821. The number of esters is 1. The van der Waals surface area contributed by atoms with E-state index in [-0.39, 0.29) is 5.97 Å². The van der Waals surface area contributed by atoms with Crippen LogP contribution in [0, 0.1) is 0 Å². The topological polar surface area (TPSA) is 85.8 Å². The molecule has 2 aliphatic heterocycles. The SMILES string of the molecule is COC(=O)c1ccc(Nc2ccnc(N3CCC4(CC3)OCCO4)n2)cc1. The van der Waals surface area contributed by atoms with Crippen LogP contribution in [-0.4, -0.2) is 55.1 Å². The number of aromatic nitrogens is 2. The van der Waals surface area contributed by atoms with Crippen molar-refractivity contribution in [3.05, 3.63) is 42.1 Å². The fourth-order valence-corrected chi connectivity index (χ4v) is 3.36. The normalized spacial score (nSPS) is 18.5. The average molecular weight is 370 g/mol. The Hall–Kier alpha value is -2.71. The molecule has 3 heterocycles. The van der Waals surface area contributed by atoms with Crippen molar-refractivity contribution in [3.63, 3.8) is 0 Å². The molecule has 1 aromatic heterocycles. The summed E-state index contributed by atoms with van der Waals surface area (Å²) >= 11 is 0. The van der Waals surface area contributed by atoms with Gasteiger partial charge in [0.05, 0.1) is 25.9 Å². The molecule has 1 spiro atoms. The van der Waals surface area contributed by atoms with Crippen molar-refractivity contribution in [2.24, 2.45) is 0 Å². The van der Waals surface area contributed by atoms with Crippen LogP contribution in [0.4, 0.5) is 17.5 Å². The summed E-state index contributed by atoms with van der Waals surface area (Å²) in [6.45, 7) is 2.92. The zero-order valence-corrected chi connectivity index (χ0v) is 15.2. The highest BCUT2D eigenvalue weighted by molar-refractivity contribution is 5.89. The number of hydrogen-bond donors (Lipinski definition) is 1. The van der Waals surface area contributed by atoms with Gasteiger partial charge in [-0.1, -0.05) is 0 Å². The highest BCUT2D eigenvalue weighted by Crippen LogP contribution is 2.32. The van der Waals surface area contributed by atoms with Crippen molar-refractivity contribution < 1.29 is 19.0 Å². The molecule has 8 heteroatoms. The van der Waals surface area contributed by atoms with Crippen LogP contribution in [0.2, 0.25) is 0 Å². The Morgan fingerprint density at radius 1 is 1.15 bits per heavy atom. The summed E-state index contributed by atoms with van der Waals surface area (Å²) in [6, 6.07) is 8.86. The number of piperidine rings is 1. The maximum absolute atomic E-state index is 11.5. The van der Waals surface area contributed by atoms with Crippen LogP contribution in [0.3, 0.4) is 0 Å². The van der Waals surface area contributed by atoms with Gasteiger partial charge in [0.2, 0.25) is 5.95 Å². The molecule has 0 atom stereocenters. The van der Waals surface area contributed by atoms with E-state index in [1.807, 2.05) is 18.2 Å². The second kappa shape index (κ2) is 7.50. The monoisotopic (exact) mass is 370 g/mol. The Balaban J connectivity index is 1.41. The highest BCUT2D eigenvalue weighted by atomic mass is 16.7. The van der Waals surface area contributed by atoms with Gasteiger partial charge in [0, 0.05) is 37.8 Å². The summed E-state index contributed by atoms with van der Waals surface area (Å²) in [7, 11) is 1.37. The van der Waals surface area contributed by atoms with Crippen molar-refractivity contribution in [2.75, 3.05) is 43.6 Å². The number of nitrogens with one attached hydrogen (secondary N) is 1. The van der Waals surface area contributed by atoms with E-state index in [0.717, 1.165) is 31.6 Å². The van der Waals surface area contributed by atoms with E-state index >= 15 is 0 Å². The largest absolute Gasteiger partial charge is 0.465 e.